The zero-order valence-corrected chi connectivity index (χ0v) is 13.6. The summed E-state index contributed by atoms with van der Waals surface area (Å²) < 4.78 is 29.1. The third kappa shape index (κ3) is 3.76. The van der Waals surface area contributed by atoms with Crippen molar-refractivity contribution >= 4 is 16.2 Å². The van der Waals surface area contributed by atoms with Crippen LogP contribution in [-0.2, 0) is 15.0 Å². The molecule has 0 spiro atoms. The number of carboxylic acids is 1. The van der Waals surface area contributed by atoms with Gasteiger partial charge in [0, 0.05) is 12.6 Å². The predicted molar refractivity (Wildman–Crippen MR) is 80.0 cm³/mol. The monoisotopic (exact) mass is 318 g/mol. The summed E-state index contributed by atoms with van der Waals surface area (Å²) in [5, 5.41) is 9.24. The highest BCUT2D eigenvalue weighted by Crippen LogP contribution is 2.30. The van der Waals surface area contributed by atoms with Crippen molar-refractivity contribution in [3.05, 3.63) is 0 Å². The Morgan fingerprint density at radius 1 is 1.14 bits per heavy atom. The van der Waals surface area contributed by atoms with Crippen molar-refractivity contribution in [2.75, 3.05) is 6.54 Å². The summed E-state index contributed by atoms with van der Waals surface area (Å²) in [7, 11) is -3.73. The fraction of sp³-hybridized carbons (Fsp3) is 0.929. The van der Waals surface area contributed by atoms with E-state index in [1.54, 1.807) is 0 Å². The van der Waals surface area contributed by atoms with E-state index in [1.807, 2.05) is 0 Å². The molecule has 0 amide bonds. The molecule has 0 aromatic carbocycles. The molecule has 1 heterocycles. The van der Waals surface area contributed by atoms with Crippen LogP contribution in [0, 0.1) is 11.8 Å². The summed E-state index contributed by atoms with van der Waals surface area (Å²) >= 11 is 0. The quantitative estimate of drug-likeness (QED) is 0.824. The first kappa shape index (κ1) is 16.7. The SMILES string of the molecule is CC1CCCC(NS(=O)(=O)N2CCCCC2C(=O)O)C1C. The van der Waals surface area contributed by atoms with Crippen LogP contribution in [-0.4, -0.2) is 42.4 Å². The molecule has 1 saturated carbocycles. The maximum atomic E-state index is 12.6. The second-order valence-corrected chi connectivity index (χ2v) is 8.11. The fourth-order valence-electron chi connectivity index (χ4n) is 3.45. The molecule has 122 valence electrons. The summed E-state index contributed by atoms with van der Waals surface area (Å²) in [5.74, 6) is -0.283. The molecule has 1 aliphatic heterocycles. The molecule has 2 aliphatic rings. The van der Waals surface area contributed by atoms with Crippen molar-refractivity contribution in [3.63, 3.8) is 0 Å². The molecular weight excluding hydrogens is 292 g/mol. The van der Waals surface area contributed by atoms with Gasteiger partial charge in [-0.15, -0.1) is 0 Å². The third-order valence-corrected chi connectivity index (χ3v) is 6.71. The molecule has 4 unspecified atom stereocenters. The van der Waals surface area contributed by atoms with Crippen molar-refractivity contribution in [1.82, 2.24) is 9.03 Å². The topological polar surface area (TPSA) is 86.7 Å². The molecule has 0 aromatic rings. The Labute approximate surface area is 127 Å². The number of hydrogen-bond acceptors (Lipinski definition) is 3. The maximum absolute atomic E-state index is 12.6. The molecule has 1 aliphatic carbocycles. The lowest BCUT2D eigenvalue weighted by atomic mass is 9.78. The summed E-state index contributed by atoms with van der Waals surface area (Å²) in [5.41, 5.74) is 0. The van der Waals surface area contributed by atoms with Crippen LogP contribution in [0.1, 0.15) is 52.4 Å². The number of carboxylic acid groups (broad SMARTS) is 1. The van der Waals surface area contributed by atoms with Gasteiger partial charge in [0.25, 0.3) is 10.2 Å². The molecular formula is C14H26N2O4S. The van der Waals surface area contributed by atoms with E-state index in [4.69, 9.17) is 0 Å². The van der Waals surface area contributed by atoms with Crippen LogP contribution >= 0.6 is 0 Å². The first-order valence-electron chi connectivity index (χ1n) is 7.85. The van der Waals surface area contributed by atoms with E-state index in [2.05, 4.69) is 18.6 Å². The van der Waals surface area contributed by atoms with Gasteiger partial charge in [-0.1, -0.05) is 26.7 Å². The maximum Gasteiger partial charge on any atom is 0.322 e. The molecule has 2 fully saturated rings. The van der Waals surface area contributed by atoms with Crippen molar-refractivity contribution < 1.29 is 18.3 Å². The van der Waals surface area contributed by atoms with Gasteiger partial charge in [-0.25, -0.2) is 0 Å². The Morgan fingerprint density at radius 3 is 2.52 bits per heavy atom. The molecule has 0 aromatic heterocycles. The molecule has 4 atom stereocenters. The van der Waals surface area contributed by atoms with E-state index in [-0.39, 0.29) is 12.0 Å². The van der Waals surface area contributed by atoms with Crippen molar-refractivity contribution in [3.8, 4) is 0 Å². The number of aliphatic carboxylic acids is 1. The highest BCUT2D eigenvalue weighted by Gasteiger charge is 2.39. The number of nitrogens with one attached hydrogen (secondary N) is 1. The van der Waals surface area contributed by atoms with E-state index in [0.29, 0.717) is 18.9 Å². The zero-order valence-electron chi connectivity index (χ0n) is 12.8. The Bertz CT molecular complexity index is 479. The van der Waals surface area contributed by atoms with E-state index in [0.717, 1.165) is 36.4 Å². The number of carbonyl (C=O) groups is 1. The van der Waals surface area contributed by atoms with Gasteiger partial charge in [-0.05, 0) is 37.5 Å². The molecule has 1 saturated heterocycles. The number of nitrogens with zero attached hydrogens (tertiary/aromatic N) is 1. The average Bonchev–Trinajstić information content (AvgIpc) is 2.44. The normalized spacial score (nSPS) is 35.5. The van der Waals surface area contributed by atoms with Gasteiger partial charge in [0.1, 0.15) is 6.04 Å². The van der Waals surface area contributed by atoms with Gasteiger partial charge in [0.05, 0.1) is 0 Å². The van der Waals surface area contributed by atoms with Gasteiger partial charge in [-0.3, -0.25) is 4.79 Å². The third-order valence-electron chi connectivity index (χ3n) is 5.05. The van der Waals surface area contributed by atoms with Crippen LogP contribution in [0.4, 0.5) is 0 Å². The largest absolute Gasteiger partial charge is 0.480 e. The van der Waals surface area contributed by atoms with E-state index in [9.17, 15) is 18.3 Å². The molecule has 0 bridgehead atoms. The summed E-state index contributed by atoms with van der Waals surface area (Å²) in [4.78, 5) is 11.3. The van der Waals surface area contributed by atoms with Gasteiger partial charge in [0.15, 0.2) is 0 Å². The minimum Gasteiger partial charge on any atom is -0.480 e. The second kappa shape index (κ2) is 6.62. The molecule has 6 nitrogen and oxygen atoms in total. The Balaban J connectivity index is 2.11. The number of hydrogen-bond donors (Lipinski definition) is 2. The van der Waals surface area contributed by atoms with Gasteiger partial charge < -0.3 is 5.11 Å². The summed E-state index contributed by atoms with van der Waals surface area (Å²) in [6, 6.07) is -1.01. The van der Waals surface area contributed by atoms with Crippen molar-refractivity contribution in [2.45, 2.75) is 64.5 Å². The van der Waals surface area contributed by atoms with Gasteiger partial charge in [-0.2, -0.15) is 17.4 Å². The lowest BCUT2D eigenvalue weighted by Crippen LogP contribution is -2.55. The first-order chi connectivity index (χ1) is 9.83. The Hall–Kier alpha value is -0.660. The van der Waals surface area contributed by atoms with Crippen LogP contribution in [0.5, 0.6) is 0 Å². The van der Waals surface area contributed by atoms with Gasteiger partial charge in [0.2, 0.25) is 0 Å². The van der Waals surface area contributed by atoms with Crippen LogP contribution in [0.3, 0.4) is 0 Å². The molecule has 0 radical (unpaired) electrons. The second-order valence-electron chi connectivity index (χ2n) is 6.46. The standard InChI is InChI=1S/C14H26N2O4S/c1-10-6-5-7-12(11(10)2)15-21(19,20)16-9-4-3-8-13(16)14(17)18/h10-13,15H,3-9H2,1-2H3,(H,17,18). The smallest absolute Gasteiger partial charge is 0.322 e. The van der Waals surface area contributed by atoms with Crippen LogP contribution in [0.15, 0.2) is 0 Å². The highest BCUT2D eigenvalue weighted by atomic mass is 32.2. The van der Waals surface area contributed by atoms with E-state index >= 15 is 0 Å². The Morgan fingerprint density at radius 2 is 1.86 bits per heavy atom. The summed E-state index contributed by atoms with van der Waals surface area (Å²) in [6.45, 7) is 4.51. The first-order valence-corrected chi connectivity index (χ1v) is 9.29. The lowest BCUT2D eigenvalue weighted by Gasteiger charge is -2.38. The Kier molecular flexibility index (Phi) is 5.27. The van der Waals surface area contributed by atoms with Crippen LogP contribution in [0.25, 0.3) is 0 Å². The van der Waals surface area contributed by atoms with E-state index in [1.165, 1.54) is 0 Å². The molecule has 7 heteroatoms. The number of piperidine rings is 1. The predicted octanol–water partition coefficient (Wildman–Crippen LogP) is 1.58. The molecule has 2 N–H and O–H groups in total. The molecule has 21 heavy (non-hydrogen) atoms. The lowest BCUT2D eigenvalue weighted by molar-refractivity contribution is -0.142. The van der Waals surface area contributed by atoms with Gasteiger partial charge >= 0.3 is 5.97 Å². The average molecular weight is 318 g/mol. The number of rotatable bonds is 4. The fourth-order valence-corrected chi connectivity index (χ4v) is 5.20. The zero-order chi connectivity index (χ0) is 15.6. The highest BCUT2D eigenvalue weighted by molar-refractivity contribution is 7.87. The van der Waals surface area contributed by atoms with E-state index < -0.39 is 22.2 Å². The van der Waals surface area contributed by atoms with Crippen molar-refractivity contribution in [2.24, 2.45) is 11.8 Å². The van der Waals surface area contributed by atoms with Crippen LogP contribution in [0.2, 0.25) is 0 Å². The molecule has 2 rings (SSSR count). The van der Waals surface area contributed by atoms with Crippen molar-refractivity contribution in [1.29, 1.82) is 0 Å². The minimum absolute atomic E-state index is 0.0879. The summed E-state index contributed by atoms with van der Waals surface area (Å²) in [6.07, 6.45) is 4.85. The minimum atomic E-state index is -3.73. The van der Waals surface area contributed by atoms with Crippen LogP contribution < -0.4 is 4.72 Å².